The summed E-state index contributed by atoms with van der Waals surface area (Å²) in [7, 11) is 0. The van der Waals surface area contributed by atoms with E-state index in [2.05, 4.69) is 5.32 Å². The van der Waals surface area contributed by atoms with Crippen LogP contribution in [0.2, 0.25) is 0 Å². The van der Waals surface area contributed by atoms with Crippen molar-refractivity contribution >= 4 is 0 Å². The van der Waals surface area contributed by atoms with Gasteiger partial charge in [0.05, 0.1) is 6.54 Å². The van der Waals surface area contributed by atoms with Crippen molar-refractivity contribution in [2.75, 3.05) is 6.54 Å². The highest BCUT2D eigenvalue weighted by atomic mass is 19.3. The number of hydrogen-bond acceptors (Lipinski definition) is 1. The van der Waals surface area contributed by atoms with Crippen molar-refractivity contribution in [1.29, 1.82) is 0 Å². The second-order valence-corrected chi connectivity index (χ2v) is 3.87. The van der Waals surface area contributed by atoms with Crippen LogP contribution in [0.15, 0.2) is 24.3 Å². The van der Waals surface area contributed by atoms with E-state index in [1.54, 1.807) is 0 Å². The van der Waals surface area contributed by atoms with Gasteiger partial charge in [-0.05, 0) is 25.0 Å². The molecule has 1 nitrogen and oxygen atoms in total. The Bertz CT molecular complexity index is 330. The van der Waals surface area contributed by atoms with Crippen molar-refractivity contribution in [3.05, 3.63) is 35.6 Å². The molecule has 1 saturated carbocycles. The lowest BCUT2D eigenvalue weighted by Gasteiger charge is -2.17. The Morgan fingerprint density at radius 3 is 2.33 bits per heavy atom. The molecule has 15 heavy (non-hydrogen) atoms. The largest absolute Gasteiger partial charge is 0.308 e. The zero-order valence-corrected chi connectivity index (χ0v) is 8.14. The first-order valence-corrected chi connectivity index (χ1v) is 4.95. The monoisotopic (exact) mass is 215 g/mol. The van der Waals surface area contributed by atoms with Crippen LogP contribution in [-0.4, -0.2) is 12.6 Å². The summed E-state index contributed by atoms with van der Waals surface area (Å²) in [5.74, 6) is -3.42. The maximum atomic E-state index is 13.5. The van der Waals surface area contributed by atoms with Crippen LogP contribution < -0.4 is 5.32 Å². The Labute approximate surface area is 86.3 Å². The van der Waals surface area contributed by atoms with E-state index >= 15 is 0 Å². The van der Waals surface area contributed by atoms with Gasteiger partial charge in [-0.1, -0.05) is 12.1 Å². The molecule has 0 radical (unpaired) electrons. The van der Waals surface area contributed by atoms with E-state index in [9.17, 15) is 13.2 Å². The van der Waals surface area contributed by atoms with Crippen LogP contribution in [0.3, 0.4) is 0 Å². The fraction of sp³-hybridized carbons (Fsp3) is 0.455. The summed E-state index contributed by atoms with van der Waals surface area (Å²) >= 11 is 0. The van der Waals surface area contributed by atoms with E-state index in [-0.39, 0.29) is 18.2 Å². The molecule has 1 aromatic rings. The van der Waals surface area contributed by atoms with Crippen molar-refractivity contribution < 1.29 is 13.2 Å². The average molecular weight is 215 g/mol. The Kier molecular flexibility index (Phi) is 2.69. The lowest BCUT2D eigenvalue weighted by Crippen LogP contribution is -2.32. The van der Waals surface area contributed by atoms with E-state index in [4.69, 9.17) is 0 Å². The summed E-state index contributed by atoms with van der Waals surface area (Å²) in [6, 6.07) is 4.62. The second kappa shape index (κ2) is 3.85. The molecular formula is C11H12F3N. The maximum absolute atomic E-state index is 13.5. The number of alkyl halides is 2. The third kappa shape index (κ3) is 2.72. The molecule has 4 heteroatoms. The molecular weight excluding hydrogens is 203 g/mol. The average Bonchev–Trinajstić information content (AvgIpc) is 2.99. The summed E-state index contributed by atoms with van der Waals surface area (Å²) in [5.41, 5.74) is -0.142. The molecule has 2 rings (SSSR count). The first-order valence-electron chi connectivity index (χ1n) is 4.95. The van der Waals surface area contributed by atoms with Gasteiger partial charge in [-0.15, -0.1) is 0 Å². The molecule has 1 aromatic carbocycles. The van der Waals surface area contributed by atoms with Crippen LogP contribution in [0.4, 0.5) is 13.2 Å². The van der Waals surface area contributed by atoms with E-state index in [0.29, 0.717) is 0 Å². The van der Waals surface area contributed by atoms with Crippen LogP contribution >= 0.6 is 0 Å². The molecule has 0 bridgehead atoms. The molecule has 0 spiro atoms. The summed E-state index contributed by atoms with van der Waals surface area (Å²) < 4.78 is 39.5. The van der Waals surface area contributed by atoms with Crippen LogP contribution in [0.1, 0.15) is 18.4 Å². The van der Waals surface area contributed by atoms with Crippen LogP contribution in [0.5, 0.6) is 0 Å². The fourth-order valence-electron chi connectivity index (χ4n) is 1.36. The standard InChI is InChI=1S/C11H12F3N/c12-9-3-1-8(2-4-9)11(13,14)7-15-10-5-6-10/h1-4,10,15H,5-7H2. The van der Waals surface area contributed by atoms with Gasteiger partial charge in [0.25, 0.3) is 5.92 Å². The van der Waals surface area contributed by atoms with Crippen molar-refractivity contribution in [3.63, 3.8) is 0 Å². The third-order valence-corrected chi connectivity index (χ3v) is 2.46. The van der Waals surface area contributed by atoms with E-state index in [0.717, 1.165) is 37.1 Å². The summed E-state index contributed by atoms with van der Waals surface area (Å²) in [5, 5.41) is 2.77. The summed E-state index contributed by atoms with van der Waals surface area (Å²) in [6.45, 7) is -0.372. The molecule has 0 saturated heterocycles. The van der Waals surface area contributed by atoms with Crippen molar-refractivity contribution in [1.82, 2.24) is 5.32 Å². The van der Waals surface area contributed by atoms with Crippen LogP contribution in [0.25, 0.3) is 0 Å². The lowest BCUT2D eigenvalue weighted by atomic mass is 10.1. The highest BCUT2D eigenvalue weighted by molar-refractivity contribution is 5.21. The minimum atomic E-state index is -2.92. The fourth-order valence-corrected chi connectivity index (χ4v) is 1.36. The Morgan fingerprint density at radius 2 is 1.80 bits per heavy atom. The normalized spacial score (nSPS) is 16.7. The number of rotatable bonds is 4. The molecule has 1 N–H and O–H groups in total. The van der Waals surface area contributed by atoms with Gasteiger partial charge in [0, 0.05) is 11.6 Å². The predicted molar refractivity (Wildman–Crippen MR) is 51.3 cm³/mol. The van der Waals surface area contributed by atoms with E-state index in [1.807, 2.05) is 0 Å². The van der Waals surface area contributed by atoms with E-state index < -0.39 is 11.7 Å². The smallest absolute Gasteiger partial charge is 0.285 e. The zero-order chi connectivity index (χ0) is 10.9. The minimum Gasteiger partial charge on any atom is -0.308 e. The van der Waals surface area contributed by atoms with Gasteiger partial charge in [0.1, 0.15) is 5.82 Å². The lowest BCUT2D eigenvalue weighted by molar-refractivity contribution is -0.00354. The van der Waals surface area contributed by atoms with Gasteiger partial charge in [-0.25, -0.2) is 4.39 Å². The number of nitrogens with one attached hydrogen (secondary N) is 1. The van der Waals surface area contributed by atoms with E-state index in [1.165, 1.54) is 0 Å². The molecule has 0 heterocycles. The molecule has 0 amide bonds. The molecule has 82 valence electrons. The van der Waals surface area contributed by atoms with Gasteiger partial charge in [-0.2, -0.15) is 8.78 Å². The van der Waals surface area contributed by atoms with Gasteiger partial charge in [0.15, 0.2) is 0 Å². The first kappa shape index (κ1) is 10.5. The van der Waals surface area contributed by atoms with Crippen molar-refractivity contribution in [2.24, 2.45) is 0 Å². The van der Waals surface area contributed by atoms with Crippen molar-refractivity contribution in [3.8, 4) is 0 Å². The Balaban J connectivity index is 2.02. The number of hydrogen-bond donors (Lipinski definition) is 1. The zero-order valence-electron chi connectivity index (χ0n) is 8.14. The highest BCUT2D eigenvalue weighted by Gasteiger charge is 2.33. The van der Waals surface area contributed by atoms with Gasteiger partial charge in [-0.3, -0.25) is 0 Å². The molecule has 1 fully saturated rings. The molecule has 0 atom stereocenters. The van der Waals surface area contributed by atoms with Crippen molar-refractivity contribution in [2.45, 2.75) is 24.8 Å². The highest BCUT2D eigenvalue weighted by Crippen LogP contribution is 2.29. The Morgan fingerprint density at radius 1 is 1.20 bits per heavy atom. The molecule has 0 aromatic heterocycles. The topological polar surface area (TPSA) is 12.0 Å². The summed E-state index contributed by atoms with van der Waals surface area (Å²) in [4.78, 5) is 0. The third-order valence-electron chi connectivity index (χ3n) is 2.46. The molecule has 0 aliphatic heterocycles. The summed E-state index contributed by atoms with van der Waals surface area (Å²) in [6.07, 6.45) is 1.94. The molecule has 1 aliphatic carbocycles. The van der Waals surface area contributed by atoms with Gasteiger partial charge in [0.2, 0.25) is 0 Å². The van der Waals surface area contributed by atoms with Crippen LogP contribution in [-0.2, 0) is 5.92 Å². The predicted octanol–water partition coefficient (Wildman–Crippen LogP) is 2.67. The quantitative estimate of drug-likeness (QED) is 0.814. The molecule has 1 aliphatic rings. The first-order chi connectivity index (χ1) is 7.08. The second-order valence-electron chi connectivity index (χ2n) is 3.87. The Hall–Kier alpha value is -1.03. The maximum Gasteiger partial charge on any atom is 0.285 e. The number of halogens is 3. The number of benzene rings is 1. The molecule has 0 unspecified atom stereocenters. The van der Waals surface area contributed by atoms with Gasteiger partial charge >= 0.3 is 0 Å². The SMILES string of the molecule is Fc1ccc(C(F)(F)CNC2CC2)cc1. The minimum absolute atomic E-state index is 0.142. The van der Waals surface area contributed by atoms with Gasteiger partial charge < -0.3 is 5.32 Å². The van der Waals surface area contributed by atoms with Crippen LogP contribution in [0, 0.1) is 5.82 Å².